The number of likely N-dealkylation sites (N-methyl/N-ethyl adjacent to an activating group) is 1. The Morgan fingerprint density at radius 3 is 2.77 bits per heavy atom. The van der Waals surface area contributed by atoms with Crippen molar-refractivity contribution in [2.45, 2.75) is 37.8 Å². The summed E-state index contributed by atoms with van der Waals surface area (Å²) in [4.78, 5) is 2.39. The van der Waals surface area contributed by atoms with Gasteiger partial charge in [0.15, 0.2) is 0 Å². The van der Waals surface area contributed by atoms with Crippen molar-refractivity contribution >= 4 is 0 Å². The number of methoxy groups -OCH3 is 1. The molecule has 1 saturated carbocycles. The fourth-order valence-electron chi connectivity index (χ4n) is 1.62. The fraction of sp³-hybridized carbons (Fsp3) is 1.00. The third kappa shape index (κ3) is 4.60. The topological polar surface area (TPSA) is 38.5 Å². The van der Waals surface area contributed by atoms with Crippen molar-refractivity contribution in [1.82, 2.24) is 4.90 Å². The molecule has 1 atom stereocenters. The van der Waals surface area contributed by atoms with E-state index in [2.05, 4.69) is 11.9 Å². The number of nitrogens with zero attached hydrogens (tertiary/aromatic N) is 1. The number of ether oxygens (including phenoxy) is 1. The second-order valence-corrected chi connectivity index (χ2v) is 4.07. The van der Waals surface area contributed by atoms with Gasteiger partial charge in [-0.05, 0) is 32.7 Å². The summed E-state index contributed by atoms with van der Waals surface area (Å²) >= 11 is 0. The minimum absolute atomic E-state index is 0.320. The SMILES string of the molecule is COCCCC(N)CN(C)C1CC1. The standard InChI is InChI=1S/C10H22N2O/c1-12(10-5-6-10)8-9(11)4-3-7-13-2/h9-10H,3-8,11H2,1-2H3. The molecule has 0 aromatic heterocycles. The lowest BCUT2D eigenvalue weighted by Crippen LogP contribution is -2.36. The Hall–Kier alpha value is -0.120. The van der Waals surface area contributed by atoms with Gasteiger partial charge >= 0.3 is 0 Å². The van der Waals surface area contributed by atoms with Crippen LogP contribution in [0.4, 0.5) is 0 Å². The maximum atomic E-state index is 5.98. The Balaban J connectivity index is 1.98. The van der Waals surface area contributed by atoms with Gasteiger partial charge in [0.2, 0.25) is 0 Å². The molecule has 1 rings (SSSR count). The first-order valence-electron chi connectivity index (χ1n) is 5.18. The van der Waals surface area contributed by atoms with Crippen molar-refractivity contribution in [2.75, 3.05) is 27.3 Å². The Bertz CT molecular complexity index is 137. The van der Waals surface area contributed by atoms with Gasteiger partial charge in [-0.25, -0.2) is 0 Å². The number of hydrogen-bond donors (Lipinski definition) is 1. The van der Waals surface area contributed by atoms with E-state index >= 15 is 0 Å². The fourth-order valence-corrected chi connectivity index (χ4v) is 1.62. The van der Waals surface area contributed by atoms with Crippen LogP contribution in [-0.2, 0) is 4.74 Å². The van der Waals surface area contributed by atoms with Crippen LogP contribution in [0.15, 0.2) is 0 Å². The molecule has 0 radical (unpaired) electrons. The van der Waals surface area contributed by atoms with E-state index in [4.69, 9.17) is 10.5 Å². The second-order valence-electron chi connectivity index (χ2n) is 4.07. The minimum Gasteiger partial charge on any atom is -0.385 e. The van der Waals surface area contributed by atoms with E-state index in [9.17, 15) is 0 Å². The van der Waals surface area contributed by atoms with Gasteiger partial charge < -0.3 is 15.4 Å². The lowest BCUT2D eigenvalue weighted by molar-refractivity contribution is 0.187. The molecule has 0 bridgehead atoms. The van der Waals surface area contributed by atoms with Crippen molar-refractivity contribution in [2.24, 2.45) is 5.73 Å². The third-order valence-electron chi connectivity index (χ3n) is 2.62. The van der Waals surface area contributed by atoms with E-state index in [0.29, 0.717) is 6.04 Å². The lowest BCUT2D eigenvalue weighted by atomic mass is 10.1. The molecular formula is C10H22N2O. The lowest BCUT2D eigenvalue weighted by Gasteiger charge is -2.20. The number of rotatable bonds is 7. The predicted molar refractivity (Wildman–Crippen MR) is 54.7 cm³/mol. The molecule has 3 nitrogen and oxygen atoms in total. The van der Waals surface area contributed by atoms with Crippen molar-refractivity contribution in [3.8, 4) is 0 Å². The van der Waals surface area contributed by atoms with Crippen molar-refractivity contribution in [3.63, 3.8) is 0 Å². The Morgan fingerprint density at radius 2 is 2.23 bits per heavy atom. The first-order valence-corrected chi connectivity index (χ1v) is 5.18. The summed E-state index contributed by atoms with van der Waals surface area (Å²) in [5, 5.41) is 0. The minimum atomic E-state index is 0.320. The van der Waals surface area contributed by atoms with Gasteiger partial charge in [0.05, 0.1) is 0 Å². The van der Waals surface area contributed by atoms with Crippen LogP contribution in [0.5, 0.6) is 0 Å². The normalized spacial score (nSPS) is 19.4. The van der Waals surface area contributed by atoms with Gasteiger partial charge in [-0.15, -0.1) is 0 Å². The second kappa shape index (κ2) is 5.58. The molecule has 1 unspecified atom stereocenters. The summed E-state index contributed by atoms with van der Waals surface area (Å²) in [6.45, 7) is 1.87. The van der Waals surface area contributed by atoms with Crippen LogP contribution in [0, 0.1) is 0 Å². The first-order chi connectivity index (χ1) is 6.24. The summed E-state index contributed by atoms with van der Waals surface area (Å²) in [6, 6.07) is 1.15. The first kappa shape index (κ1) is 11.0. The highest BCUT2D eigenvalue weighted by Gasteiger charge is 2.26. The zero-order valence-corrected chi connectivity index (χ0v) is 8.83. The van der Waals surface area contributed by atoms with Crippen LogP contribution >= 0.6 is 0 Å². The van der Waals surface area contributed by atoms with E-state index in [-0.39, 0.29) is 0 Å². The molecule has 0 spiro atoms. The van der Waals surface area contributed by atoms with Crippen LogP contribution in [0.3, 0.4) is 0 Å². The number of nitrogens with two attached hydrogens (primary N) is 1. The van der Waals surface area contributed by atoms with Crippen LogP contribution in [-0.4, -0.2) is 44.3 Å². The molecule has 0 aromatic rings. The maximum absolute atomic E-state index is 5.98. The Kier molecular flexibility index (Phi) is 4.70. The molecule has 0 amide bonds. The average Bonchev–Trinajstić information content (AvgIpc) is 2.86. The van der Waals surface area contributed by atoms with Gasteiger partial charge in [0, 0.05) is 32.3 Å². The Labute approximate surface area is 81.2 Å². The van der Waals surface area contributed by atoms with Crippen molar-refractivity contribution in [3.05, 3.63) is 0 Å². The molecule has 0 saturated heterocycles. The zero-order valence-electron chi connectivity index (χ0n) is 8.83. The van der Waals surface area contributed by atoms with Crippen LogP contribution in [0.1, 0.15) is 25.7 Å². The molecule has 1 fully saturated rings. The summed E-state index contributed by atoms with van der Waals surface area (Å²) in [6.07, 6.45) is 4.88. The quantitative estimate of drug-likeness (QED) is 0.599. The van der Waals surface area contributed by atoms with Gasteiger partial charge in [-0.2, -0.15) is 0 Å². The predicted octanol–water partition coefficient (Wildman–Crippen LogP) is 0.835. The van der Waals surface area contributed by atoms with Crippen molar-refractivity contribution in [1.29, 1.82) is 0 Å². The highest BCUT2D eigenvalue weighted by molar-refractivity contribution is 4.84. The molecule has 78 valence electrons. The average molecular weight is 186 g/mol. The molecule has 2 N–H and O–H groups in total. The molecule has 1 aliphatic rings. The van der Waals surface area contributed by atoms with Gasteiger partial charge in [-0.1, -0.05) is 0 Å². The number of hydrogen-bond acceptors (Lipinski definition) is 3. The highest BCUT2D eigenvalue weighted by atomic mass is 16.5. The van der Waals surface area contributed by atoms with Gasteiger partial charge in [0.25, 0.3) is 0 Å². The molecule has 0 aromatic carbocycles. The van der Waals surface area contributed by atoms with Crippen LogP contribution in [0.2, 0.25) is 0 Å². The van der Waals surface area contributed by atoms with E-state index < -0.39 is 0 Å². The largest absolute Gasteiger partial charge is 0.385 e. The summed E-state index contributed by atoms with van der Waals surface area (Å²) < 4.78 is 4.99. The van der Waals surface area contributed by atoms with E-state index in [1.54, 1.807) is 7.11 Å². The van der Waals surface area contributed by atoms with E-state index in [1.165, 1.54) is 12.8 Å². The molecule has 0 heterocycles. The summed E-state index contributed by atoms with van der Waals surface area (Å²) in [7, 11) is 3.91. The Morgan fingerprint density at radius 1 is 1.54 bits per heavy atom. The summed E-state index contributed by atoms with van der Waals surface area (Å²) in [5.74, 6) is 0. The maximum Gasteiger partial charge on any atom is 0.0462 e. The molecule has 0 aliphatic heterocycles. The smallest absolute Gasteiger partial charge is 0.0462 e. The van der Waals surface area contributed by atoms with E-state index in [1.807, 2.05) is 0 Å². The van der Waals surface area contributed by atoms with Crippen LogP contribution < -0.4 is 5.73 Å². The van der Waals surface area contributed by atoms with Gasteiger partial charge in [-0.3, -0.25) is 0 Å². The highest BCUT2D eigenvalue weighted by Crippen LogP contribution is 2.25. The molecular weight excluding hydrogens is 164 g/mol. The molecule has 3 heteroatoms. The third-order valence-corrected chi connectivity index (χ3v) is 2.62. The van der Waals surface area contributed by atoms with Crippen LogP contribution in [0.25, 0.3) is 0 Å². The summed E-state index contributed by atoms with van der Waals surface area (Å²) in [5.41, 5.74) is 5.98. The van der Waals surface area contributed by atoms with Crippen molar-refractivity contribution < 1.29 is 4.74 Å². The zero-order chi connectivity index (χ0) is 9.68. The molecule has 13 heavy (non-hydrogen) atoms. The van der Waals surface area contributed by atoms with Gasteiger partial charge in [0.1, 0.15) is 0 Å². The van der Waals surface area contributed by atoms with E-state index in [0.717, 1.165) is 32.0 Å². The molecule has 1 aliphatic carbocycles. The monoisotopic (exact) mass is 186 g/mol.